The molecular weight excluding hydrogens is 739 g/mol. The zero-order chi connectivity index (χ0) is 39.9. The van der Waals surface area contributed by atoms with E-state index in [1.807, 2.05) is 89.4 Å². The second-order valence-corrected chi connectivity index (χ2v) is 18.3. The number of benzene rings is 2. The number of rotatable bonds is 17. The molecule has 0 aliphatic carbocycles. The second kappa shape index (κ2) is 17.9. The van der Waals surface area contributed by atoms with Gasteiger partial charge in [0, 0.05) is 49.0 Å². The van der Waals surface area contributed by atoms with Crippen molar-refractivity contribution >= 4 is 33.3 Å². The van der Waals surface area contributed by atoms with Gasteiger partial charge >= 0.3 is 6.03 Å². The van der Waals surface area contributed by atoms with Crippen LogP contribution < -0.4 is 5.32 Å². The summed E-state index contributed by atoms with van der Waals surface area (Å²) in [6.07, 6.45) is 0.686. The van der Waals surface area contributed by atoms with Crippen LogP contribution >= 0.6 is 11.3 Å². The predicted octanol–water partition coefficient (Wildman–Crippen LogP) is 5.87. The summed E-state index contributed by atoms with van der Waals surface area (Å²) in [6, 6.07) is 17.1. The van der Waals surface area contributed by atoms with Crippen LogP contribution in [0.2, 0.25) is 0 Å². The first kappa shape index (κ1) is 41.6. The molecule has 55 heavy (non-hydrogen) atoms. The molecule has 1 saturated heterocycles. The molecule has 15 heteroatoms. The Morgan fingerprint density at radius 1 is 1.02 bits per heavy atom. The number of urea groups is 1. The molecule has 5 rings (SSSR count). The van der Waals surface area contributed by atoms with Gasteiger partial charge in [0.1, 0.15) is 17.6 Å². The third-order valence-electron chi connectivity index (χ3n) is 9.43. The molecule has 0 saturated carbocycles. The lowest BCUT2D eigenvalue weighted by Crippen LogP contribution is -2.59. The van der Waals surface area contributed by atoms with E-state index < -0.39 is 39.5 Å². The summed E-state index contributed by atoms with van der Waals surface area (Å²) in [6.45, 7) is 12.1. The lowest BCUT2D eigenvalue weighted by Gasteiger charge is -2.38. The average Bonchev–Trinajstić information content (AvgIpc) is 3.74. The first-order valence-corrected chi connectivity index (χ1v) is 20.7. The lowest BCUT2D eigenvalue weighted by molar-refractivity contribution is -0.130. The Bertz CT molecular complexity index is 2020. The van der Waals surface area contributed by atoms with Crippen LogP contribution in [-0.4, -0.2) is 93.9 Å². The molecule has 3 amide bonds. The fraction of sp³-hybridized carbons (Fsp3) is 0.450. The summed E-state index contributed by atoms with van der Waals surface area (Å²) in [5.41, 5.74) is 3.29. The Hall–Kier alpha value is -4.57. The van der Waals surface area contributed by atoms with Crippen LogP contribution in [-0.2, 0) is 34.3 Å². The van der Waals surface area contributed by atoms with Crippen LogP contribution in [0.25, 0.3) is 10.6 Å². The molecule has 3 heterocycles. The molecule has 0 bridgehead atoms. The monoisotopic (exact) mass is 789 g/mol. The Labute approximate surface area is 327 Å². The van der Waals surface area contributed by atoms with Crippen molar-refractivity contribution in [2.24, 2.45) is 16.5 Å². The number of aliphatic hydroxyl groups is 1. The number of carbonyl (C=O) groups is 2. The highest BCUT2D eigenvalue weighted by Crippen LogP contribution is 2.30. The molecular formula is C40H51N7O6S2. The topological polar surface area (TPSA) is 165 Å². The molecule has 3 atom stereocenters. The van der Waals surface area contributed by atoms with E-state index in [9.17, 15) is 28.0 Å². The lowest BCUT2D eigenvalue weighted by atomic mass is 9.84. The summed E-state index contributed by atoms with van der Waals surface area (Å²) >= 11 is 1.48. The van der Waals surface area contributed by atoms with Crippen LogP contribution in [0.5, 0.6) is 0 Å². The van der Waals surface area contributed by atoms with Gasteiger partial charge in [0.05, 0.1) is 29.3 Å². The minimum Gasteiger partial charge on any atom is -0.390 e. The minimum absolute atomic E-state index is 0.0181. The predicted molar refractivity (Wildman–Crippen MR) is 213 cm³/mol. The Morgan fingerprint density at radius 2 is 1.73 bits per heavy atom. The highest BCUT2D eigenvalue weighted by atomic mass is 32.2. The zero-order valence-corrected chi connectivity index (χ0v) is 33.9. The maximum Gasteiger partial charge on any atom is 0.321 e. The van der Waals surface area contributed by atoms with Gasteiger partial charge in [0.15, 0.2) is 0 Å². The molecule has 294 valence electrons. The summed E-state index contributed by atoms with van der Waals surface area (Å²) in [5, 5.41) is 20.5. The number of amides is 3. The fourth-order valence-electron chi connectivity index (χ4n) is 6.71. The second-order valence-electron chi connectivity index (χ2n) is 15.5. The van der Waals surface area contributed by atoms with Crippen molar-refractivity contribution in [3.05, 3.63) is 106 Å². The number of thiazole rings is 1. The van der Waals surface area contributed by atoms with E-state index in [0.29, 0.717) is 18.7 Å². The van der Waals surface area contributed by atoms with E-state index in [-0.39, 0.29) is 49.4 Å². The van der Waals surface area contributed by atoms with E-state index >= 15 is 0 Å². The van der Waals surface area contributed by atoms with Crippen molar-refractivity contribution in [3.8, 4) is 10.6 Å². The molecule has 0 spiro atoms. The van der Waals surface area contributed by atoms with Crippen molar-refractivity contribution in [2.75, 3.05) is 26.2 Å². The van der Waals surface area contributed by atoms with Crippen LogP contribution in [0.3, 0.4) is 0 Å². The van der Waals surface area contributed by atoms with Crippen molar-refractivity contribution in [2.45, 2.75) is 84.1 Å². The maximum atomic E-state index is 14.4. The number of carbonyl (C=O) groups excluding carboxylic acids is 2. The third-order valence-corrected chi connectivity index (χ3v) is 12.2. The van der Waals surface area contributed by atoms with Crippen LogP contribution in [0, 0.1) is 23.2 Å². The maximum absolute atomic E-state index is 14.4. The molecule has 4 aromatic rings. The van der Waals surface area contributed by atoms with Crippen LogP contribution in [0.4, 0.5) is 4.79 Å². The van der Waals surface area contributed by atoms with Gasteiger partial charge in [-0.05, 0) is 60.1 Å². The number of nitrogens with zero attached hydrogens (tertiary/aromatic N) is 6. The van der Waals surface area contributed by atoms with Gasteiger partial charge in [-0.2, -0.15) is 9.21 Å². The Kier molecular flexibility index (Phi) is 13.6. The van der Waals surface area contributed by atoms with Crippen LogP contribution in [0.15, 0.2) is 88.4 Å². The Balaban J connectivity index is 1.36. The SMILES string of the molecule is Cc1ccc(-c2nc(CN3CCN([C@H](C(=O)N[C@@H](Cc4ccccc4)[C@H](O)CN(CC(C)C)S(=O)(=O)c4ccc(CN=O)cc4)C(C)(C)C)C3=O)cs2)cn1. The van der Waals surface area contributed by atoms with Crippen molar-refractivity contribution < 1.29 is 23.1 Å². The normalized spacial score (nSPS) is 15.4. The number of nitroso groups, excluding NO2 is 1. The van der Waals surface area contributed by atoms with E-state index in [0.717, 1.165) is 27.5 Å². The third kappa shape index (κ3) is 10.6. The fourth-order valence-corrected chi connectivity index (χ4v) is 9.13. The van der Waals surface area contributed by atoms with Crippen molar-refractivity contribution in [1.82, 2.24) is 29.4 Å². The zero-order valence-electron chi connectivity index (χ0n) is 32.3. The molecule has 1 aliphatic rings. The number of nitrogens with one attached hydrogen (secondary N) is 1. The number of hydrogen-bond acceptors (Lipinski definition) is 10. The molecule has 2 aromatic heterocycles. The van der Waals surface area contributed by atoms with Gasteiger partial charge in [0.2, 0.25) is 15.9 Å². The summed E-state index contributed by atoms with van der Waals surface area (Å²) in [4.78, 5) is 51.5. The number of aromatic nitrogens is 2. The highest BCUT2D eigenvalue weighted by molar-refractivity contribution is 7.89. The molecule has 1 aliphatic heterocycles. The molecule has 2 aromatic carbocycles. The molecule has 0 unspecified atom stereocenters. The van der Waals surface area contributed by atoms with Gasteiger partial charge in [-0.15, -0.1) is 11.3 Å². The smallest absolute Gasteiger partial charge is 0.321 e. The summed E-state index contributed by atoms with van der Waals surface area (Å²) in [5.74, 6) is -0.518. The Morgan fingerprint density at radius 3 is 2.35 bits per heavy atom. The number of aliphatic hydroxyl groups excluding tert-OH is 1. The number of aryl methyl sites for hydroxylation is 1. The van der Waals surface area contributed by atoms with E-state index in [2.05, 4.69) is 15.5 Å². The van der Waals surface area contributed by atoms with E-state index in [1.165, 1.54) is 27.8 Å². The molecule has 0 radical (unpaired) electrons. The van der Waals surface area contributed by atoms with E-state index in [4.69, 9.17) is 4.98 Å². The van der Waals surface area contributed by atoms with Gasteiger partial charge in [-0.25, -0.2) is 18.2 Å². The van der Waals surface area contributed by atoms with E-state index in [1.54, 1.807) is 28.1 Å². The summed E-state index contributed by atoms with van der Waals surface area (Å²) in [7, 11) is -4.08. The summed E-state index contributed by atoms with van der Waals surface area (Å²) < 4.78 is 29.2. The number of sulfonamides is 1. The molecule has 1 fully saturated rings. The van der Waals surface area contributed by atoms with Crippen molar-refractivity contribution in [1.29, 1.82) is 0 Å². The van der Waals surface area contributed by atoms with Gasteiger partial charge in [0.25, 0.3) is 0 Å². The first-order valence-electron chi connectivity index (χ1n) is 18.4. The number of pyridine rings is 1. The molecule has 13 nitrogen and oxygen atoms in total. The van der Waals surface area contributed by atoms with Crippen LogP contribution in [0.1, 0.15) is 57.1 Å². The minimum atomic E-state index is -4.08. The number of hydrogen-bond donors (Lipinski definition) is 2. The van der Waals surface area contributed by atoms with Gasteiger partial charge < -0.3 is 20.2 Å². The average molecular weight is 790 g/mol. The van der Waals surface area contributed by atoms with Crippen molar-refractivity contribution in [3.63, 3.8) is 0 Å². The first-order chi connectivity index (χ1) is 26.1. The largest absolute Gasteiger partial charge is 0.390 e. The van der Waals surface area contributed by atoms with Gasteiger partial charge in [-0.3, -0.25) is 9.78 Å². The standard InChI is InChI=1S/C40H51N7O6S2/c1-27(2)23-46(55(52,53)33-16-13-30(14-17-33)21-42-51)25-35(48)34(20-29-10-8-7-9-11-29)44-37(49)36(40(4,5)6)47-19-18-45(39(47)50)24-32-26-54-38(43-32)31-15-12-28(3)41-22-31/h7-17,22,26-27,34-36,48H,18-21,23-25H2,1-6H3,(H,44,49)/t34-,35+,36+/m0/s1. The quantitative estimate of drug-likeness (QED) is 0.126. The highest BCUT2D eigenvalue weighted by Gasteiger charge is 2.44. The molecule has 2 N–H and O–H groups in total. The van der Waals surface area contributed by atoms with Gasteiger partial charge in [-0.1, -0.05) is 82.3 Å².